The number of sulfonamides is 1. The average molecular weight is 301 g/mol. The van der Waals surface area contributed by atoms with Gasteiger partial charge in [-0.15, -0.1) is 0 Å². The van der Waals surface area contributed by atoms with Gasteiger partial charge in [-0.2, -0.15) is 4.31 Å². The number of carbonyl (C=O) groups is 2. The normalized spacial score (nSPS) is 20.8. The van der Waals surface area contributed by atoms with Crippen molar-refractivity contribution < 1.29 is 22.4 Å². The van der Waals surface area contributed by atoms with E-state index in [4.69, 9.17) is 5.73 Å². The minimum Gasteiger partial charge on any atom is -0.396 e. The molecule has 2 rings (SSSR count). The molecule has 1 heterocycles. The number of nitrogens with one attached hydrogen (secondary N) is 1. The molecular formula is C11H12FN3O4S. The fraction of sp³-hybridized carbons (Fsp3) is 0.273. The lowest BCUT2D eigenvalue weighted by atomic mass is 10.2. The summed E-state index contributed by atoms with van der Waals surface area (Å²) in [6.45, 7) is 0.874. The Morgan fingerprint density at radius 2 is 2.05 bits per heavy atom. The molecule has 2 amide bonds. The Kier molecular flexibility index (Phi) is 3.48. The number of halogens is 1. The maximum atomic E-state index is 13.1. The molecule has 0 radical (unpaired) electrons. The van der Waals surface area contributed by atoms with Crippen molar-refractivity contribution in [1.29, 1.82) is 0 Å². The largest absolute Gasteiger partial charge is 0.396 e. The minimum absolute atomic E-state index is 0.272. The fourth-order valence-corrected chi connectivity index (χ4v) is 3.39. The maximum Gasteiger partial charge on any atom is 0.244 e. The number of benzene rings is 1. The zero-order chi connectivity index (χ0) is 15.1. The van der Waals surface area contributed by atoms with Crippen LogP contribution in [-0.2, 0) is 19.6 Å². The number of rotatable bonds is 2. The van der Waals surface area contributed by atoms with E-state index in [1.54, 1.807) is 0 Å². The molecule has 1 aliphatic heterocycles. The molecule has 0 saturated carbocycles. The molecule has 0 spiro atoms. The number of nitrogen functional groups attached to an aromatic ring is 1. The number of imide groups is 1. The van der Waals surface area contributed by atoms with Gasteiger partial charge in [0, 0.05) is 0 Å². The van der Waals surface area contributed by atoms with Gasteiger partial charge in [0.25, 0.3) is 0 Å². The summed E-state index contributed by atoms with van der Waals surface area (Å²) in [5, 5.41) is 2.03. The van der Waals surface area contributed by atoms with Crippen LogP contribution in [0.15, 0.2) is 23.1 Å². The lowest BCUT2D eigenvalue weighted by Gasteiger charge is -2.30. The predicted octanol–water partition coefficient (Wildman–Crippen LogP) is -0.556. The summed E-state index contributed by atoms with van der Waals surface area (Å²) in [6.07, 6.45) is 0. The summed E-state index contributed by atoms with van der Waals surface area (Å²) in [6, 6.07) is 1.86. The van der Waals surface area contributed by atoms with Gasteiger partial charge in [-0.3, -0.25) is 14.9 Å². The summed E-state index contributed by atoms with van der Waals surface area (Å²) < 4.78 is 38.6. The molecule has 1 fully saturated rings. The summed E-state index contributed by atoms with van der Waals surface area (Å²) >= 11 is 0. The number of anilines is 1. The highest BCUT2D eigenvalue weighted by atomic mass is 32.2. The van der Waals surface area contributed by atoms with Crippen LogP contribution < -0.4 is 11.1 Å². The van der Waals surface area contributed by atoms with E-state index in [2.05, 4.69) is 0 Å². The first-order valence-electron chi connectivity index (χ1n) is 5.64. The topological polar surface area (TPSA) is 110 Å². The molecule has 20 heavy (non-hydrogen) atoms. The van der Waals surface area contributed by atoms with Crippen LogP contribution in [-0.4, -0.2) is 37.1 Å². The lowest BCUT2D eigenvalue weighted by molar-refractivity contribution is -0.136. The quantitative estimate of drug-likeness (QED) is 0.562. The smallest absolute Gasteiger partial charge is 0.244 e. The highest BCUT2D eigenvalue weighted by molar-refractivity contribution is 7.89. The number of hydrogen-bond donors (Lipinski definition) is 2. The van der Waals surface area contributed by atoms with Crippen molar-refractivity contribution in [3.63, 3.8) is 0 Å². The van der Waals surface area contributed by atoms with Crippen LogP contribution in [0.25, 0.3) is 0 Å². The van der Waals surface area contributed by atoms with Crippen molar-refractivity contribution in [1.82, 2.24) is 9.62 Å². The number of nitrogens with two attached hydrogens (primary N) is 1. The lowest BCUT2D eigenvalue weighted by Crippen LogP contribution is -2.58. The Hall–Kier alpha value is -2.00. The number of nitrogens with zero attached hydrogens (tertiary/aromatic N) is 1. The number of amides is 2. The summed E-state index contributed by atoms with van der Waals surface area (Å²) in [7, 11) is -4.11. The zero-order valence-corrected chi connectivity index (χ0v) is 11.3. The molecule has 0 bridgehead atoms. The molecule has 1 saturated heterocycles. The van der Waals surface area contributed by atoms with Crippen LogP contribution >= 0.6 is 0 Å². The molecule has 7 nitrogen and oxygen atoms in total. The molecule has 3 N–H and O–H groups in total. The second kappa shape index (κ2) is 4.84. The average Bonchev–Trinajstić information content (AvgIpc) is 2.36. The first kappa shape index (κ1) is 14.4. The van der Waals surface area contributed by atoms with Crippen molar-refractivity contribution in [3.05, 3.63) is 24.0 Å². The van der Waals surface area contributed by atoms with Gasteiger partial charge in [-0.25, -0.2) is 12.8 Å². The van der Waals surface area contributed by atoms with Gasteiger partial charge >= 0.3 is 0 Å². The first-order chi connectivity index (χ1) is 9.23. The molecular weight excluding hydrogens is 289 g/mol. The van der Waals surface area contributed by atoms with Crippen molar-refractivity contribution >= 4 is 27.5 Å². The van der Waals surface area contributed by atoms with Gasteiger partial charge in [0.1, 0.15) is 11.9 Å². The van der Waals surface area contributed by atoms with Crippen LogP contribution in [0.2, 0.25) is 0 Å². The van der Waals surface area contributed by atoms with E-state index in [0.717, 1.165) is 22.5 Å². The van der Waals surface area contributed by atoms with E-state index in [9.17, 15) is 22.4 Å². The minimum atomic E-state index is -4.11. The second-order valence-electron chi connectivity index (χ2n) is 4.32. The Bertz CT molecular complexity index is 689. The molecule has 1 aromatic rings. The van der Waals surface area contributed by atoms with E-state index >= 15 is 0 Å². The third kappa shape index (κ3) is 2.37. The van der Waals surface area contributed by atoms with Gasteiger partial charge < -0.3 is 5.73 Å². The highest BCUT2D eigenvalue weighted by Gasteiger charge is 2.39. The molecule has 0 aromatic heterocycles. The van der Waals surface area contributed by atoms with Crippen molar-refractivity contribution in [2.24, 2.45) is 0 Å². The zero-order valence-electron chi connectivity index (χ0n) is 10.5. The Labute approximate surface area is 114 Å². The molecule has 1 aromatic carbocycles. The predicted molar refractivity (Wildman–Crippen MR) is 67.3 cm³/mol. The van der Waals surface area contributed by atoms with Crippen molar-refractivity contribution in [2.75, 3.05) is 12.3 Å². The van der Waals surface area contributed by atoms with Gasteiger partial charge in [0.2, 0.25) is 21.8 Å². The number of piperazine rings is 1. The van der Waals surface area contributed by atoms with Gasteiger partial charge in [0.05, 0.1) is 17.1 Å². The van der Waals surface area contributed by atoms with Crippen LogP contribution in [0.5, 0.6) is 0 Å². The molecule has 9 heteroatoms. The Balaban J connectivity index is 2.45. The van der Waals surface area contributed by atoms with E-state index < -0.39 is 40.2 Å². The van der Waals surface area contributed by atoms with E-state index in [0.29, 0.717) is 0 Å². The molecule has 1 atom stereocenters. The van der Waals surface area contributed by atoms with Crippen LogP contribution in [0.4, 0.5) is 10.1 Å². The third-order valence-corrected chi connectivity index (χ3v) is 4.86. The van der Waals surface area contributed by atoms with Crippen LogP contribution in [0, 0.1) is 5.82 Å². The van der Waals surface area contributed by atoms with Crippen LogP contribution in [0.3, 0.4) is 0 Å². The summed E-state index contributed by atoms with van der Waals surface area (Å²) in [5.74, 6) is -2.17. The fourth-order valence-electron chi connectivity index (χ4n) is 1.80. The van der Waals surface area contributed by atoms with Crippen molar-refractivity contribution in [3.8, 4) is 0 Å². The summed E-state index contributed by atoms with van der Waals surface area (Å²) in [4.78, 5) is 22.5. The van der Waals surface area contributed by atoms with Gasteiger partial charge in [0.15, 0.2) is 0 Å². The second-order valence-corrected chi connectivity index (χ2v) is 6.21. The van der Waals surface area contributed by atoms with E-state index in [-0.39, 0.29) is 10.6 Å². The highest BCUT2D eigenvalue weighted by Crippen LogP contribution is 2.23. The molecule has 1 unspecified atom stereocenters. The monoisotopic (exact) mass is 301 g/mol. The molecule has 0 aliphatic carbocycles. The maximum absolute atomic E-state index is 13.1. The standard InChI is InChI=1S/C11H12FN3O4S/c1-6-11(17)14-10(16)5-15(6)20(18,19)7-2-3-8(12)9(13)4-7/h2-4,6H,5,13H2,1H3,(H,14,16,17). The third-order valence-electron chi connectivity index (χ3n) is 2.95. The Morgan fingerprint density at radius 3 is 2.65 bits per heavy atom. The molecule has 108 valence electrons. The summed E-state index contributed by atoms with van der Waals surface area (Å²) in [5.41, 5.74) is 5.00. The van der Waals surface area contributed by atoms with E-state index in [1.807, 2.05) is 5.32 Å². The SMILES string of the molecule is CC1C(=O)NC(=O)CN1S(=O)(=O)c1ccc(F)c(N)c1. The van der Waals surface area contributed by atoms with Gasteiger partial charge in [-0.05, 0) is 25.1 Å². The van der Waals surface area contributed by atoms with E-state index in [1.165, 1.54) is 6.92 Å². The Morgan fingerprint density at radius 1 is 1.40 bits per heavy atom. The van der Waals surface area contributed by atoms with Gasteiger partial charge in [-0.1, -0.05) is 0 Å². The van der Waals surface area contributed by atoms with Crippen molar-refractivity contribution in [2.45, 2.75) is 17.9 Å². The van der Waals surface area contributed by atoms with Crippen LogP contribution in [0.1, 0.15) is 6.92 Å². The first-order valence-corrected chi connectivity index (χ1v) is 7.08. The molecule has 1 aliphatic rings. The number of carbonyl (C=O) groups excluding carboxylic acids is 2. The number of hydrogen-bond acceptors (Lipinski definition) is 5.